The van der Waals surface area contributed by atoms with E-state index in [0.29, 0.717) is 36.7 Å². The van der Waals surface area contributed by atoms with Gasteiger partial charge in [0.2, 0.25) is 5.76 Å². The molecule has 0 bridgehead atoms. The van der Waals surface area contributed by atoms with Crippen LogP contribution in [-0.2, 0) is 26.1 Å². The molecular weight excluding hydrogens is 448 g/mol. The average molecular weight is 479 g/mol. The van der Waals surface area contributed by atoms with Gasteiger partial charge in [0.1, 0.15) is 5.75 Å². The predicted molar refractivity (Wildman–Crippen MR) is 125 cm³/mol. The van der Waals surface area contributed by atoms with Gasteiger partial charge in [-0.1, -0.05) is 31.5 Å². The molecule has 180 valence electrons. The van der Waals surface area contributed by atoms with E-state index in [1.807, 2.05) is 0 Å². The zero-order valence-electron chi connectivity index (χ0n) is 19.1. The number of carboxylic acid groups (broad SMARTS) is 1. The summed E-state index contributed by atoms with van der Waals surface area (Å²) in [6, 6.07) is 11.9. The highest BCUT2D eigenvalue weighted by Crippen LogP contribution is 2.30. The molecule has 0 aliphatic rings. The van der Waals surface area contributed by atoms with Gasteiger partial charge in [-0.3, -0.25) is 0 Å². The van der Waals surface area contributed by atoms with Crippen molar-refractivity contribution in [2.75, 3.05) is 26.1 Å². The van der Waals surface area contributed by atoms with E-state index >= 15 is 0 Å². The zero-order valence-corrected chi connectivity index (χ0v) is 19.9. The number of carboxylic acids is 1. The van der Waals surface area contributed by atoms with E-state index < -0.39 is 16.1 Å². The van der Waals surface area contributed by atoms with Crippen molar-refractivity contribution in [1.29, 1.82) is 0 Å². The second-order valence-corrected chi connectivity index (χ2v) is 8.76. The van der Waals surface area contributed by atoms with Gasteiger partial charge < -0.3 is 23.5 Å². The Balaban J connectivity index is 2.09. The maximum Gasteiger partial charge on any atom is 0.371 e. The van der Waals surface area contributed by atoms with E-state index in [2.05, 4.69) is 6.92 Å². The summed E-state index contributed by atoms with van der Waals surface area (Å²) in [5.41, 5.74) is 1.58. The summed E-state index contributed by atoms with van der Waals surface area (Å²) in [4.78, 5) is 11.3. The Morgan fingerprint density at radius 3 is 2.30 bits per heavy atom. The van der Waals surface area contributed by atoms with Gasteiger partial charge in [-0.25, -0.2) is 4.79 Å². The lowest BCUT2D eigenvalue weighted by atomic mass is 10.1. The molecule has 0 unspecified atom stereocenters. The fraction of sp³-hybridized carbons (Fsp3) is 0.375. The van der Waals surface area contributed by atoms with Gasteiger partial charge in [0.05, 0.1) is 26.1 Å². The Morgan fingerprint density at radius 1 is 1.00 bits per heavy atom. The standard InChI is InChI=1S/C24H30O8S/c1-4-6-14-30-22-16-19(17-23(24(25)26)29-5-2)9-12-21(22)31-15-13-18-7-10-20(11-8-18)32-33(3,27)28/h7-12,16-17H,4-6,13-15H2,1-3H3,(H,25,26). The second kappa shape index (κ2) is 12.7. The lowest BCUT2D eigenvalue weighted by molar-refractivity contribution is -0.136. The highest BCUT2D eigenvalue weighted by Gasteiger charge is 2.11. The normalized spacial score (nSPS) is 11.7. The number of hydrogen-bond acceptors (Lipinski definition) is 7. The molecule has 0 saturated carbocycles. The molecule has 0 heterocycles. The number of unbranched alkanes of at least 4 members (excludes halogenated alkanes) is 1. The van der Waals surface area contributed by atoms with Gasteiger partial charge in [0.15, 0.2) is 11.5 Å². The molecule has 0 spiro atoms. The minimum absolute atomic E-state index is 0.144. The molecule has 0 aliphatic heterocycles. The first-order valence-corrected chi connectivity index (χ1v) is 12.5. The number of hydrogen-bond donors (Lipinski definition) is 1. The number of rotatable bonds is 14. The van der Waals surface area contributed by atoms with Gasteiger partial charge in [-0.05, 0) is 54.8 Å². The summed E-state index contributed by atoms with van der Waals surface area (Å²) >= 11 is 0. The number of aliphatic carboxylic acids is 1. The van der Waals surface area contributed by atoms with Crippen molar-refractivity contribution in [3.8, 4) is 17.2 Å². The Labute approximate surface area is 194 Å². The van der Waals surface area contributed by atoms with Crippen LogP contribution < -0.4 is 13.7 Å². The fourth-order valence-corrected chi connectivity index (χ4v) is 3.27. The van der Waals surface area contributed by atoms with Crippen molar-refractivity contribution in [3.05, 3.63) is 59.4 Å². The van der Waals surface area contributed by atoms with Crippen LogP contribution in [0.25, 0.3) is 6.08 Å². The topological polar surface area (TPSA) is 108 Å². The third-order valence-corrected chi connectivity index (χ3v) is 4.85. The molecule has 0 atom stereocenters. The average Bonchev–Trinajstić information content (AvgIpc) is 2.75. The molecule has 2 rings (SSSR count). The molecule has 9 heteroatoms. The van der Waals surface area contributed by atoms with Crippen LogP contribution in [-0.4, -0.2) is 45.6 Å². The lowest BCUT2D eigenvalue weighted by Gasteiger charge is -2.14. The summed E-state index contributed by atoms with van der Waals surface area (Å²) < 4.78 is 44.2. The smallest absolute Gasteiger partial charge is 0.371 e. The van der Waals surface area contributed by atoms with Crippen molar-refractivity contribution in [2.45, 2.75) is 33.1 Å². The van der Waals surface area contributed by atoms with E-state index in [0.717, 1.165) is 24.7 Å². The minimum Gasteiger partial charge on any atom is -0.490 e. The van der Waals surface area contributed by atoms with Gasteiger partial charge in [0.25, 0.3) is 0 Å². The molecule has 0 radical (unpaired) electrons. The fourth-order valence-electron chi connectivity index (χ4n) is 2.81. The van der Waals surface area contributed by atoms with Crippen molar-refractivity contribution in [1.82, 2.24) is 0 Å². The lowest BCUT2D eigenvalue weighted by Crippen LogP contribution is -2.07. The highest BCUT2D eigenvalue weighted by molar-refractivity contribution is 7.86. The second-order valence-electron chi connectivity index (χ2n) is 7.18. The van der Waals surface area contributed by atoms with Crippen LogP contribution >= 0.6 is 0 Å². The molecule has 8 nitrogen and oxygen atoms in total. The van der Waals surface area contributed by atoms with Crippen molar-refractivity contribution in [3.63, 3.8) is 0 Å². The Morgan fingerprint density at radius 2 is 1.70 bits per heavy atom. The van der Waals surface area contributed by atoms with Crippen LogP contribution in [0.15, 0.2) is 48.2 Å². The first kappa shape index (κ1) is 26.1. The van der Waals surface area contributed by atoms with Crippen molar-refractivity contribution >= 4 is 22.2 Å². The molecule has 0 fully saturated rings. The third kappa shape index (κ3) is 9.44. The summed E-state index contributed by atoms with van der Waals surface area (Å²) in [6.45, 7) is 4.91. The maximum absolute atomic E-state index is 11.3. The van der Waals surface area contributed by atoms with E-state index in [-0.39, 0.29) is 18.1 Å². The molecule has 0 aliphatic carbocycles. The Hall–Kier alpha value is -3.20. The van der Waals surface area contributed by atoms with Gasteiger partial charge >= 0.3 is 16.1 Å². The number of carbonyl (C=O) groups is 1. The van der Waals surface area contributed by atoms with Gasteiger partial charge in [-0.2, -0.15) is 8.42 Å². The van der Waals surface area contributed by atoms with Gasteiger partial charge in [-0.15, -0.1) is 0 Å². The summed E-state index contributed by atoms with van der Waals surface area (Å²) in [5, 5.41) is 9.27. The predicted octanol–water partition coefficient (Wildman–Crippen LogP) is 4.29. The monoisotopic (exact) mass is 478 g/mol. The number of benzene rings is 2. The third-order valence-electron chi connectivity index (χ3n) is 4.35. The molecule has 2 aromatic carbocycles. The first-order valence-electron chi connectivity index (χ1n) is 10.7. The molecule has 0 amide bonds. The van der Waals surface area contributed by atoms with Crippen LogP contribution in [0.2, 0.25) is 0 Å². The molecule has 1 N–H and O–H groups in total. The van der Waals surface area contributed by atoms with E-state index in [1.165, 1.54) is 6.08 Å². The van der Waals surface area contributed by atoms with E-state index in [1.54, 1.807) is 49.4 Å². The molecule has 2 aromatic rings. The van der Waals surface area contributed by atoms with E-state index in [9.17, 15) is 18.3 Å². The van der Waals surface area contributed by atoms with Crippen LogP contribution in [0.5, 0.6) is 17.2 Å². The Kier molecular flexibility index (Phi) is 10.1. The highest BCUT2D eigenvalue weighted by atomic mass is 32.2. The minimum atomic E-state index is -3.56. The largest absolute Gasteiger partial charge is 0.490 e. The Bertz CT molecular complexity index is 1040. The number of ether oxygens (including phenoxy) is 3. The summed E-state index contributed by atoms with van der Waals surface area (Å²) in [6.07, 6.45) is 4.88. The van der Waals surface area contributed by atoms with Crippen LogP contribution in [0.4, 0.5) is 0 Å². The molecule has 0 saturated heterocycles. The summed E-state index contributed by atoms with van der Waals surface area (Å²) in [7, 11) is -3.56. The van der Waals surface area contributed by atoms with Crippen LogP contribution in [0.1, 0.15) is 37.8 Å². The van der Waals surface area contributed by atoms with Gasteiger partial charge in [0, 0.05) is 6.42 Å². The van der Waals surface area contributed by atoms with Crippen molar-refractivity contribution in [2.24, 2.45) is 0 Å². The van der Waals surface area contributed by atoms with Crippen LogP contribution in [0.3, 0.4) is 0 Å². The molecule has 33 heavy (non-hydrogen) atoms. The maximum atomic E-state index is 11.3. The molecule has 0 aromatic heterocycles. The quantitative estimate of drug-likeness (QED) is 0.185. The van der Waals surface area contributed by atoms with Crippen LogP contribution in [0, 0.1) is 0 Å². The SMILES string of the molecule is CCCCOc1cc(C=C(OCC)C(=O)O)ccc1OCCc1ccc(OS(C)(=O)=O)cc1. The molecular formula is C24H30O8S. The van der Waals surface area contributed by atoms with Crippen molar-refractivity contribution < 1.29 is 36.7 Å². The summed E-state index contributed by atoms with van der Waals surface area (Å²) in [5.74, 6) is 0.0432. The van der Waals surface area contributed by atoms with E-state index in [4.69, 9.17) is 18.4 Å². The zero-order chi connectivity index (χ0) is 24.3. The first-order chi connectivity index (χ1) is 15.7.